The van der Waals surface area contributed by atoms with Crippen molar-refractivity contribution in [3.05, 3.63) is 102 Å². The van der Waals surface area contributed by atoms with Gasteiger partial charge in [-0.3, -0.25) is 9.78 Å². The number of nitrogens with zero attached hydrogens (tertiary/aromatic N) is 5. The fraction of sp³-hybridized carbons (Fsp3) is 0.333. The van der Waals surface area contributed by atoms with Gasteiger partial charge in [0.25, 0.3) is 5.91 Å². The van der Waals surface area contributed by atoms with Crippen molar-refractivity contribution in [1.29, 1.82) is 0 Å². The molecule has 7 nitrogen and oxygen atoms in total. The number of carbonyl (C=O) groups excluding carboxylic acids is 1. The number of halogens is 3. The molecule has 0 aliphatic rings. The zero-order chi connectivity index (χ0) is 28.9. The van der Waals surface area contributed by atoms with E-state index < -0.39 is 35.8 Å². The minimum absolute atomic E-state index is 0.00795. The molecule has 2 aromatic heterocycles. The predicted octanol–water partition coefficient (Wildman–Crippen LogP) is 5.58. The Morgan fingerprint density at radius 3 is 2.48 bits per heavy atom. The summed E-state index contributed by atoms with van der Waals surface area (Å²) in [6, 6.07) is 14.4. The van der Waals surface area contributed by atoms with E-state index in [0.717, 1.165) is 23.8 Å². The van der Waals surface area contributed by atoms with Gasteiger partial charge in [-0.15, -0.1) is 0 Å². The van der Waals surface area contributed by atoms with E-state index in [1.54, 1.807) is 27.9 Å². The van der Waals surface area contributed by atoms with Crippen molar-refractivity contribution >= 4 is 5.91 Å². The number of carbonyl (C=O) groups is 1. The van der Waals surface area contributed by atoms with Crippen LogP contribution in [0, 0.1) is 17.0 Å². The largest absolute Gasteiger partial charge is 0.328 e. The Kier molecular flexibility index (Phi) is 8.99. The highest BCUT2D eigenvalue weighted by Crippen LogP contribution is 2.39. The van der Waals surface area contributed by atoms with E-state index in [4.69, 9.17) is 10.7 Å². The second-order valence-electron chi connectivity index (χ2n) is 10.8. The molecule has 0 saturated heterocycles. The molecular weight excluding hydrogens is 517 g/mol. The molecule has 0 radical (unpaired) electrons. The van der Waals surface area contributed by atoms with Crippen molar-refractivity contribution in [2.24, 2.45) is 11.1 Å². The average Bonchev–Trinajstić information content (AvgIpc) is 3.34. The predicted molar refractivity (Wildman–Crippen MR) is 147 cm³/mol. The van der Waals surface area contributed by atoms with Crippen LogP contribution < -0.4 is 5.73 Å². The summed E-state index contributed by atoms with van der Waals surface area (Å²) >= 11 is 0. The number of hydrogen-bond donors (Lipinski definition) is 1. The third kappa shape index (κ3) is 6.74. The summed E-state index contributed by atoms with van der Waals surface area (Å²) in [4.78, 5) is 24.3. The van der Waals surface area contributed by atoms with Gasteiger partial charge >= 0.3 is 0 Å². The molecule has 0 aliphatic carbocycles. The van der Waals surface area contributed by atoms with Crippen LogP contribution in [0.4, 0.5) is 13.2 Å². The Morgan fingerprint density at radius 1 is 1.07 bits per heavy atom. The number of rotatable bonds is 10. The van der Waals surface area contributed by atoms with Gasteiger partial charge in [-0.25, -0.2) is 22.8 Å². The van der Waals surface area contributed by atoms with E-state index >= 15 is 0 Å². The van der Waals surface area contributed by atoms with Gasteiger partial charge in [0, 0.05) is 25.0 Å². The monoisotopic (exact) mass is 550 g/mol. The highest BCUT2D eigenvalue weighted by Gasteiger charge is 2.39. The Labute approximate surface area is 231 Å². The zero-order valence-corrected chi connectivity index (χ0v) is 22.8. The lowest BCUT2D eigenvalue weighted by Gasteiger charge is -2.40. The van der Waals surface area contributed by atoms with Crippen LogP contribution in [0.2, 0.25) is 0 Å². The van der Waals surface area contributed by atoms with Gasteiger partial charge in [0.1, 0.15) is 18.3 Å². The molecule has 2 N–H and O–H groups in total. The first-order valence-corrected chi connectivity index (χ1v) is 13.0. The molecule has 2 heterocycles. The molecule has 0 bridgehead atoms. The van der Waals surface area contributed by atoms with Crippen LogP contribution in [0.3, 0.4) is 0 Å². The maximum absolute atomic E-state index is 14.8. The number of amides is 1. The molecule has 2 atom stereocenters. The second kappa shape index (κ2) is 12.4. The van der Waals surface area contributed by atoms with Crippen molar-refractivity contribution in [3.63, 3.8) is 0 Å². The first-order chi connectivity index (χ1) is 19.1. The van der Waals surface area contributed by atoms with E-state index in [0.29, 0.717) is 11.4 Å². The van der Waals surface area contributed by atoms with Crippen LogP contribution in [-0.2, 0) is 6.54 Å². The quantitative estimate of drug-likeness (QED) is 0.278. The molecule has 40 heavy (non-hydrogen) atoms. The van der Waals surface area contributed by atoms with Crippen molar-refractivity contribution < 1.29 is 18.0 Å². The van der Waals surface area contributed by atoms with Crippen molar-refractivity contribution in [3.8, 4) is 11.4 Å². The first kappa shape index (κ1) is 28.9. The minimum atomic E-state index is -0.760. The number of benzene rings is 2. The van der Waals surface area contributed by atoms with E-state index in [9.17, 15) is 18.0 Å². The van der Waals surface area contributed by atoms with Crippen LogP contribution in [-0.4, -0.2) is 49.8 Å². The normalized spacial score (nSPS) is 13.2. The van der Waals surface area contributed by atoms with Crippen LogP contribution in [0.15, 0.2) is 73.1 Å². The lowest BCUT2D eigenvalue weighted by molar-refractivity contribution is 0.0469. The molecule has 2 aromatic carbocycles. The Balaban J connectivity index is 1.90. The fourth-order valence-corrected chi connectivity index (χ4v) is 4.59. The second-order valence-corrected chi connectivity index (χ2v) is 10.8. The summed E-state index contributed by atoms with van der Waals surface area (Å²) < 4.78 is 43.9. The molecule has 0 unspecified atom stereocenters. The van der Waals surface area contributed by atoms with E-state index in [2.05, 4.69) is 10.1 Å². The topological polar surface area (TPSA) is 89.9 Å². The Morgan fingerprint density at radius 2 is 1.82 bits per heavy atom. The van der Waals surface area contributed by atoms with E-state index in [1.165, 1.54) is 6.20 Å². The Bertz CT molecular complexity index is 1420. The van der Waals surface area contributed by atoms with E-state index in [-0.39, 0.29) is 36.8 Å². The summed E-state index contributed by atoms with van der Waals surface area (Å²) in [7, 11) is 0. The number of aromatic nitrogens is 4. The highest BCUT2D eigenvalue weighted by atomic mass is 19.1. The first-order valence-electron chi connectivity index (χ1n) is 13.0. The number of nitrogens with two attached hydrogens (primary N) is 1. The van der Waals surface area contributed by atoms with Gasteiger partial charge in [0.15, 0.2) is 11.6 Å². The molecule has 0 aliphatic heterocycles. The zero-order valence-electron chi connectivity index (χ0n) is 22.8. The molecule has 4 aromatic rings. The van der Waals surface area contributed by atoms with Crippen molar-refractivity contribution in [2.75, 3.05) is 13.2 Å². The van der Waals surface area contributed by atoms with Gasteiger partial charge in [0.05, 0.1) is 23.7 Å². The number of hydrogen-bond acceptors (Lipinski definition) is 5. The lowest BCUT2D eigenvalue weighted by atomic mass is 9.84. The van der Waals surface area contributed by atoms with Crippen molar-refractivity contribution in [2.45, 2.75) is 45.8 Å². The summed E-state index contributed by atoms with van der Waals surface area (Å²) in [5.41, 5.74) is 6.45. The molecule has 1 amide bonds. The number of alkyl halides is 1. The SMILES string of the molecule is CC(C)(C)[C@H](c1nc(-c2cc(F)ccc2F)nn1Cc1ccccc1)N(CC[C@H](N)CF)C(=O)c1cccnc1. The summed E-state index contributed by atoms with van der Waals surface area (Å²) in [6.07, 6.45) is 3.23. The summed E-state index contributed by atoms with van der Waals surface area (Å²) in [5.74, 6) is -1.27. The molecule has 0 saturated carbocycles. The van der Waals surface area contributed by atoms with Gasteiger partial charge in [-0.05, 0) is 47.7 Å². The molecule has 4 rings (SSSR count). The Hall–Kier alpha value is -4.05. The van der Waals surface area contributed by atoms with Crippen molar-refractivity contribution in [1.82, 2.24) is 24.6 Å². The van der Waals surface area contributed by atoms with Gasteiger partial charge in [-0.1, -0.05) is 51.1 Å². The van der Waals surface area contributed by atoms with Crippen LogP contribution in [0.1, 0.15) is 55.0 Å². The molecule has 0 spiro atoms. The molecular formula is C30H33F3N6O. The van der Waals surface area contributed by atoms with Crippen LogP contribution in [0.25, 0.3) is 11.4 Å². The van der Waals surface area contributed by atoms with Crippen LogP contribution >= 0.6 is 0 Å². The van der Waals surface area contributed by atoms with Gasteiger partial charge in [-0.2, -0.15) is 5.10 Å². The molecule has 0 fully saturated rings. The summed E-state index contributed by atoms with van der Waals surface area (Å²) in [5, 5.41) is 4.60. The highest BCUT2D eigenvalue weighted by molar-refractivity contribution is 5.94. The smallest absolute Gasteiger partial charge is 0.256 e. The maximum atomic E-state index is 14.8. The fourth-order valence-electron chi connectivity index (χ4n) is 4.59. The molecule has 10 heteroatoms. The van der Waals surface area contributed by atoms with Gasteiger partial charge < -0.3 is 10.6 Å². The maximum Gasteiger partial charge on any atom is 0.256 e. The minimum Gasteiger partial charge on any atom is -0.328 e. The lowest BCUT2D eigenvalue weighted by Crippen LogP contribution is -2.44. The molecule has 210 valence electrons. The standard InChI is InChI=1S/C30H33F3N6O/c1-30(2,3)26(38(15-13-23(34)17-31)29(40)21-10-7-14-35-18-21)28-36-27(24-16-22(32)11-12-25(24)33)37-39(28)19-20-8-5-4-6-9-20/h4-12,14,16,18,23,26H,13,15,17,19,34H2,1-3H3/t23-,26-/m0/s1. The summed E-state index contributed by atoms with van der Waals surface area (Å²) in [6.45, 7) is 5.50. The third-order valence-corrected chi connectivity index (χ3v) is 6.53. The average molecular weight is 551 g/mol. The van der Waals surface area contributed by atoms with Gasteiger partial charge in [0.2, 0.25) is 0 Å². The van der Waals surface area contributed by atoms with Crippen LogP contribution in [0.5, 0.6) is 0 Å². The number of pyridine rings is 1. The van der Waals surface area contributed by atoms with E-state index in [1.807, 2.05) is 51.1 Å². The third-order valence-electron chi connectivity index (χ3n) is 6.53.